The van der Waals surface area contributed by atoms with Gasteiger partial charge in [-0.05, 0) is 67.1 Å². The molecule has 8 nitrogen and oxygen atoms in total. The summed E-state index contributed by atoms with van der Waals surface area (Å²) in [6.45, 7) is 1.93. The third kappa shape index (κ3) is 5.63. The predicted octanol–water partition coefficient (Wildman–Crippen LogP) is 6.08. The van der Waals surface area contributed by atoms with Gasteiger partial charge in [-0.2, -0.15) is 5.26 Å². The molecule has 0 saturated carbocycles. The van der Waals surface area contributed by atoms with Gasteiger partial charge in [0.1, 0.15) is 16.8 Å². The fourth-order valence-electron chi connectivity index (χ4n) is 5.26. The van der Waals surface area contributed by atoms with Crippen molar-refractivity contribution in [1.82, 2.24) is 15.2 Å². The van der Waals surface area contributed by atoms with Crippen molar-refractivity contribution in [2.24, 2.45) is 0 Å². The highest BCUT2D eigenvalue weighted by molar-refractivity contribution is 7.99. The molecule has 0 bridgehead atoms. The van der Waals surface area contributed by atoms with Crippen molar-refractivity contribution in [1.29, 1.82) is 5.26 Å². The molecule has 0 fully saturated rings. The molecule has 1 aromatic heterocycles. The summed E-state index contributed by atoms with van der Waals surface area (Å²) in [5, 5.41) is 14.4. The van der Waals surface area contributed by atoms with E-state index in [1.165, 1.54) is 16.7 Å². The molecule has 0 saturated heterocycles. The van der Waals surface area contributed by atoms with Crippen molar-refractivity contribution in [2.75, 3.05) is 26.5 Å². The highest BCUT2D eigenvalue weighted by Gasteiger charge is 2.37. The second-order valence-corrected chi connectivity index (χ2v) is 11.0. The number of nitrogens with one attached hydrogen (secondary N) is 1. The minimum Gasteiger partial charge on any atom is -0.497 e. The Morgan fingerprint density at radius 3 is 2.59 bits per heavy atom. The Morgan fingerprint density at radius 2 is 1.93 bits per heavy atom. The summed E-state index contributed by atoms with van der Waals surface area (Å²) in [5.74, 6) is 0.374. The van der Waals surface area contributed by atoms with E-state index >= 15 is 0 Å². The van der Waals surface area contributed by atoms with E-state index in [1.807, 2.05) is 36.4 Å². The van der Waals surface area contributed by atoms with Gasteiger partial charge in [-0.1, -0.05) is 47.6 Å². The van der Waals surface area contributed by atoms with Gasteiger partial charge >= 0.3 is 12.0 Å². The molecule has 1 aliphatic heterocycles. The van der Waals surface area contributed by atoms with Gasteiger partial charge in [-0.15, -0.1) is 0 Å². The average molecular weight is 589 g/mol. The summed E-state index contributed by atoms with van der Waals surface area (Å²) in [6.07, 6.45) is 2.64. The summed E-state index contributed by atoms with van der Waals surface area (Å²) < 4.78 is 10.7. The van der Waals surface area contributed by atoms with Gasteiger partial charge in [0, 0.05) is 34.8 Å². The van der Waals surface area contributed by atoms with E-state index < -0.39 is 12.0 Å². The number of nitrogens with zero attached hydrogens (tertiary/aromatic N) is 3. The van der Waals surface area contributed by atoms with Crippen LogP contribution >= 0.6 is 23.4 Å². The predicted molar refractivity (Wildman–Crippen MR) is 158 cm³/mol. The van der Waals surface area contributed by atoms with Crippen molar-refractivity contribution >= 4 is 35.4 Å². The van der Waals surface area contributed by atoms with E-state index in [0.717, 1.165) is 47.2 Å². The lowest BCUT2D eigenvalue weighted by Crippen LogP contribution is -2.47. The van der Waals surface area contributed by atoms with E-state index in [0.29, 0.717) is 32.6 Å². The van der Waals surface area contributed by atoms with Crippen LogP contribution in [0.4, 0.5) is 4.79 Å². The van der Waals surface area contributed by atoms with Crippen molar-refractivity contribution in [2.45, 2.75) is 37.3 Å². The lowest BCUT2D eigenvalue weighted by Gasteiger charge is -2.34. The van der Waals surface area contributed by atoms with Crippen LogP contribution < -0.4 is 10.1 Å². The number of carbonyl (C=O) groups is 2. The molecule has 2 amide bonds. The number of halogens is 1. The molecule has 3 aromatic rings. The van der Waals surface area contributed by atoms with Crippen LogP contribution in [-0.2, 0) is 22.4 Å². The fourth-order valence-corrected chi connectivity index (χ4v) is 6.48. The molecule has 1 atom stereocenters. The number of urea groups is 1. The summed E-state index contributed by atoms with van der Waals surface area (Å²) in [5.41, 5.74) is 5.88. The van der Waals surface area contributed by atoms with Crippen LogP contribution in [0.5, 0.6) is 5.75 Å². The molecule has 0 spiro atoms. The number of hydrogen-bond donors (Lipinski definition) is 1. The Bertz CT molecular complexity index is 1560. The van der Waals surface area contributed by atoms with Crippen LogP contribution in [0.25, 0.3) is 11.1 Å². The maximum atomic E-state index is 13.4. The Morgan fingerprint density at radius 1 is 1.20 bits per heavy atom. The number of nitriles is 1. The van der Waals surface area contributed by atoms with Gasteiger partial charge in [0.15, 0.2) is 0 Å². The van der Waals surface area contributed by atoms with Crippen molar-refractivity contribution in [3.63, 3.8) is 0 Å². The smallest absolute Gasteiger partial charge is 0.338 e. The quantitative estimate of drug-likeness (QED) is 0.251. The molecule has 2 aliphatic rings. The number of carbonyl (C=O) groups excluding carboxylic acids is 2. The van der Waals surface area contributed by atoms with E-state index in [4.69, 9.17) is 26.1 Å². The Labute approximate surface area is 248 Å². The zero-order valence-corrected chi connectivity index (χ0v) is 24.6. The molecule has 1 N–H and O–H groups in total. The first-order chi connectivity index (χ1) is 19.9. The van der Waals surface area contributed by atoms with Gasteiger partial charge in [0.2, 0.25) is 0 Å². The molecule has 210 valence electrons. The van der Waals surface area contributed by atoms with Gasteiger partial charge in [0.25, 0.3) is 0 Å². The van der Waals surface area contributed by atoms with Crippen LogP contribution in [0.1, 0.15) is 41.8 Å². The van der Waals surface area contributed by atoms with E-state index in [9.17, 15) is 14.9 Å². The number of amides is 2. The monoisotopic (exact) mass is 588 g/mol. The van der Waals surface area contributed by atoms with E-state index in [2.05, 4.69) is 11.4 Å². The molecule has 41 heavy (non-hydrogen) atoms. The SMILES string of the molecule is CCOC(=O)C1=C(CSc2nc3c(c(-c4ccc(Cl)cc4)c2C#N)CCC3)N(C)C(=O)NC1c1ccc(OC)cc1. The molecular formula is C31H29ClN4O4S. The number of hydrogen-bond acceptors (Lipinski definition) is 7. The number of methoxy groups -OCH3 is 1. The third-order valence-corrected chi connectivity index (χ3v) is 8.54. The number of benzene rings is 2. The molecule has 2 aromatic carbocycles. The maximum absolute atomic E-state index is 13.4. The second kappa shape index (κ2) is 12.2. The van der Waals surface area contributed by atoms with Crippen LogP contribution in [0.2, 0.25) is 5.02 Å². The Balaban J connectivity index is 1.58. The number of rotatable bonds is 8. The Kier molecular flexibility index (Phi) is 8.52. The molecular weight excluding hydrogens is 560 g/mol. The van der Waals surface area contributed by atoms with Crippen molar-refractivity contribution in [3.8, 4) is 22.9 Å². The summed E-state index contributed by atoms with van der Waals surface area (Å²) >= 11 is 7.48. The van der Waals surface area contributed by atoms with Crippen molar-refractivity contribution in [3.05, 3.63) is 87.2 Å². The molecule has 2 heterocycles. The Hall–Kier alpha value is -4.00. The number of ether oxygens (including phenoxy) is 2. The summed E-state index contributed by atoms with van der Waals surface area (Å²) in [6, 6.07) is 16.0. The van der Waals surface area contributed by atoms with Crippen molar-refractivity contribution < 1.29 is 19.1 Å². The minimum atomic E-state index is -0.715. The molecule has 1 aliphatic carbocycles. The molecule has 0 radical (unpaired) electrons. The van der Waals surface area contributed by atoms with Gasteiger partial charge in [-0.3, -0.25) is 4.90 Å². The number of aryl methyl sites for hydroxylation is 1. The average Bonchev–Trinajstić information content (AvgIpc) is 3.45. The van der Waals surface area contributed by atoms with Crippen LogP contribution in [-0.4, -0.2) is 48.4 Å². The number of esters is 1. The normalized spacial score (nSPS) is 16.2. The van der Waals surface area contributed by atoms with Crippen LogP contribution in [0, 0.1) is 11.3 Å². The lowest BCUT2D eigenvalue weighted by atomic mass is 9.95. The van der Waals surface area contributed by atoms with Gasteiger partial charge in [-0.25, -0.2) is 14.6 Å². The highest BCUT2D eigenvalue weighted by Crippen LogP contribution is 2.40. The first-order valence-corrected chi connectivity index (χ1v) is 14.7. The molecule has 1 unspecified atom stereocenters. The molecule has 5 rings (SSSR count). The lowest BCUT2D eigenvalue weighted by molar-refractivity contribution is -0.139. The number of fused-ring (bicyclic) bond motifs is 1. The summed E-state index contributed by atoms with van der Waals surface area (Å²) in [4.78, 5) is 32.8. The maximum Gasteiger partial charge on any atom is 0.338 e. The molecule has 10 heteroatoms. The topological polar surface area (TPSA) is 105 Å². The van der Waals surface area contributed by atoms with E-state index in [-0.39, 0.29) is 18.4 Å². The highest BCUT2D eigenvalue weighted by atomic mass is 35.5. The standard InChI is InChI=1S/C31H29ClN4O4S/c1-4-40-30(37)27-25(36(2)31(38)35-28(27)19-10-14-21(39-3)15-11-19)17-41-29-23(16-33)26(18-8-12-20(32)13-9-18)22-6-5-7-24(22)34-29/h8-15,28H,4-7,17H2,1-3H3,(H,35,38). The van der Waals surface area contributed by atoms with E-state index in [1.54, 1.807) is 33.2 Å². The van der Waals surface area contributed by atoms with Crippen LogP contribution in [0.15, 0.2) is 64.8 Å². The number of aromatic nitrogens is 1. The number of thioether (sulfide) groups is 1. The zero-order chi connectivity index (χ0) is 29.1. The minimum absolute atomic E-state index is 0.186. The second-order valence-electron chi connectivity index (χ2n) is 9.65. The first-order valence-electron chi connectivity index (χ1n) is 13.3. The largest absolute Gasteiger partial charge is 0.497 e. The first kappa shape index (κ1) is 28.5. The van der Waals surface area contributed by atoms with Gasteiger partial charge in [0.05, 0.1) is 30.9 Å². The number of pyridine rings is 1. The third-order valence-electron chi connectivity index (χ3n) is 7.30. The summed E-state index contributed by atoms with van der Waals surface area (Å²) in [7, 11) is 3.20. The van der Waals surface area contributed by atoms with Gasteiger partial charge < -0.3 is 14.8 Å². The fraction of sp³-hybridized carbons (Fsp3) is 0.290. The zero-order valence-electron chi connectivity index (χ0n) is 23.0. The van der Waals surface area contributed by atoms with Crippen LogP contribution in [0.3, 0.4) is 0 Å².